The zero-order valence-electron chi connectivity index (χ0n) is 67.3. The van der Waals surface area contributed by atoms with Crippen molar-refractivity contribution in [2.75, 3.05) is 67.1 Å². The first-order valence-corrected chi connectivity index (χ1v) is 47.4. The van der Waals surface area contributed by atoms with Gasteiger partial charge in [-0.2, -0.15) is 42.1 Å². The SMILES string of the molecule is C=[C](C)[Sn]([CH2]CCC)([CH2]CCC)[CH2]CCC.COC1CCN(c2ccc(Br)c(F)c2C#N)c2c(C#N)cc(F)cc21.COC1CCN(c2ccc(C(C)(F)F)c(F)c2C#N)c2c(C#N)cc(F)cc21.COC1CCN(c2ccc(C(C)=O)c(F)c2C#N)c2c(C#N)cc(F)cc21.N#Cc1cc(F)cc2c1N(c1ccc(Br)c(F)c1C#N)CCC2O. The van der Waals surface area contributed by atoms with Crippen LogP contribution in [0.1, 0.15) is 213 Å². The van der Waals surface area contributed by atoms with Gasteiger partial charge in [0.05, 0.1) is 112 Å². The van der Waals surface area contributed by atoms with Crippen molar-refractivity contribution in [3.63, 3.8) is 0 Å². The van der Waals surface area contributed by atoms with Crippen LogP contribution in [0.2, 0.25) is 13.3 Å². The minimum Gasteiger partial charge on any atom is -0.388 e. The Morgan fingerprint density at radius 2 is 0.750 bits per heavy atom. The predicted octanol–water partition coefficient (Wildman–Crippen LogP) is 23.9. The molecular formula is C90H84Br2F10N12O5Sn. The summed E-state index contributed by atoms with van der Waals surface area (Å²) in [5, 5.41) is 85.4. The van der Waals surface area contributed by atoms with Crippen LogP contribution < -0.4 is 19.6 Å². The Kier molecular flexibility index (Phi) is 33.5. The molecule has 0 amide bonds. The number of ether oxygens (including phenoxy) is 3. The zero-order valence-corrected chi connectivity index (χ0v) is 73.3. The molecule has 0 bridgehead atoms. The number of carbonyl (C=O) groups excluding carboxylic acids is 1. The van der Waals surface area contributed by atoms with Gasteiger partial charge in [0.15, 0.2) is 29.1 Å². The smallest absolute Gasteiger partial charge is 0.273 e. The van der Waals surface area contributed by atoms with E-state index in [1.165, 1.54) is 120 Å². The molecule has 0 aliphatic carbocycles. The number of nitrogens with zero attached hydrogens (tertiary/aromatic N) is 12. The van der Waals surface area contributed by atoms with Crippen molar-refractivity contribution in [2.45, 2.75) is 149 Å². The normalized spacial score (nSPS) is 15.5. The number of aliphatic hydroxyl groups excluding tert-OH is 1. The summed E-state index contributed by atoms with van der Waals surface area (Å²) in [4.78, 5) is 17.9. The van der Waals surface area contributed by atoms with Crippen molar-refractivity contribution >= 4 is 102 Å². The van der Waals surface area contributed by atoms with Gasteiger partial charge in [-0.15, -0.1) is 0 Å². The summed E-state index contributed by atoms with van der Waals surface area (Å²) in [5.41, 5.74) is 1.80. The number of unbranched alkanes of at least 4 members (excludes halogenated alkanes) is 3. The molecule has 8 aromatic carbocycles. The van der Waals surface area contributed by atoms with Crippen molar-refractivity contribution in [2.24, 2.45) is 0 Å². The number of aliphatic hydroxyl groups is 1. The number of carbonyl (C=O) groups is 1. The fourth-order valence-electron chi connectivity index (χ4n) is 15.5. The number of benzene rings is 8. The summed E-state index contributed by atoms with van der Waals surface area (Å²) in [5.74, 6) is -9.93. The van der Waals surface area contributed by atoms with E-state index in [2.05, 4.69) is 66.1 Å². The molecule has 8 aromatic rings. The zero-order chi connectivity index (χ0) is 88.4. The molecule has 120 heavy (non-hydrogen) atoms. The van der Waals surface area contributed by atoms with Crippen molar-refractivity contribution in [3.8, 4) is 48.6 Å². The Labute approximate surface area is 712 Å². The van der Waals surface area contributed by atoms with Crippen LogP contribution >= 0.6 is 31.9 Å². The van der Waals surface area contributed by atoms with E-state index in [-0.39, 0.29) is 107 Å². The van der Waals surface area contributed by atoms with E-state index >= 15 is 0 Å². The first kappa shape index (κ1) is 94.7. The summed E-state index contributed by atoms with van der Waals surface area (Å²) in [6, 6.07) is 35.2. The molecule has 622 valence electrons. The fourth-order valence-corrected chi connectivity index (χ4v) is 30.8. The first-order valence-electron chi connectivity index (χ1n) is 38.3. The van der Waals surface area contributed by atoms with E-state index in [4.69, 9.17) is 14.2 Å². The Balaban J connectivity index is 0.000000189. The summed E-state index contributed by atoms with van der Waals surface area (Å²) in [6.07, 6.45) is 7.85. The number of methoxy groups -OCH3 is 3. The maximum atomic E-state index is 14.7. The van der Waals surface area contributed by atoms with Gasteiger partial charge in [-0.3, -0.25) is 4.79 Å². The van der Waals surface area contributed by atoms with Gasteiger partial charge >= 0.3 is 108 Å². The number of fused-ring (bicyclic) bond motifs is 4. The number of alkyl halides is 2. The molecule has 0 aromatic heterocycles. The van der Waals surface area contributed by atoms with Crippen molar-refractivity contribution < 1.29 is 68.0 Å². The molecule has 0 spiro atoms. The third kappa shape index (κ3) is 20.6. The molecule has 1 N–H and O–H groups in total. The molecular weight excluding hydrogens is 1800 g/mol. The third-order valence-electron chi connectivity index (χ3n) is 21.5. The average Bonchev–Trinajstić information content (AvgIpc) is 0.771. The van der Waals surface area contributed by atoms with Crippen LogP contribution in [-0.4, -0.2) is 76.8 Å². The number of hydrogen-bond acceptors (Lipinski definition) is 17. The molecule has 4 unspecified atom stereocenters. The molecule has 4 aliphatic rings. The second-order valence-electron chi connectivity index (χ2n) is 28.9. The van der Waals surface area contributed by atoms with Crippen LogP contribution in [0.5, 0.6) is 0 Å². The summed E-state index contributed by atoms with van der Waals surface area (Å²) in [6.45, 7) is 16.7. The van der Waals surface area contributed by atoms with Gasteiger partial charge < -0.3 is 38.9 Å². The minimum absolute atomic E-state index is 0.0223. The van der Waals surface area contributed by atoms with Gasteiger partial charge in [0, 0.05) is 76.7 Å². The van der Waals surface area contributed by atoms with Crippen molar-refractivity contribution in [1.82, 2.24) is 0 Å². The molecule has 0 fully saturated rings. The third-order valence-corrected chi connectivity index (χ3v) is 39.1. The van der Waals surface area contributed by atoms with Gasteiger partial charge in [0.1, 0.15) is 94.1 Å². The van der Waals surface area contributed by atoms with Gasteiger partial charge in [0.25, 0.3) is 5.92 Å². The largest absolute Gasteiger partial charge is 0.388 e. The number of rotatable bonds is 19. The number of allylic oxidation sites excluding steroid dienone is 1. The van der Waals surface area contributed by atoms with Gasteiger partial charge in [-0.1, -0.05) is 0 Å². The van der Waals surface area contributed by atoms with Crippen LogP contribution in [0.15, 0.2) is 116 Å². The van der Waals surface area contributed by atoms with Gasteiger partial charge in [-0.05, 0) is 162 Å². The summed E-state index contributed by atoms with van der Waals surface area (Å²) < 4.78 is 164. The van der Waals surface area contributed by atoms with E-state index in [9.17, 15) is 95.9 Å². The van der Waals surface area contributed by atoms with E-state index in [1.807, 2.05) is 36.4 Å². The van der Waals surface area contributed by atoms with Crippen LogP contribution in [-0.2, 0) is 20.1 Å². The van der Waals surface area contributed by atoms with Crippen LogP contribution in [0, 0.1) is 137 Å². The van der Waals surface area contributed by atoms with E-state index < -0.39 is 106 Å². The van der Waals surface area contributed by atoms with Crippen LogP contribution in [0.4, 0.5) is 89.4 Å². The first-order chi connectivity index (χ1) is 57.3. The number of anilines is 8. The Bertz CT molecular complexity index is 5560. The maximum absolute atomic E-state index is 14.7. The van der Waals surface area contributed by atoms with Gasteiger partial charge in [0.2, 0.25) is 0 Å². The van der Waals surface area contributed by atoms with Crippen molar-refractivity contribution in [1.29, 1.82) is 42.1 Å². The second-order valence-corrected chi connectivity index (χ2v) is 44.6. The molecule has 0 radical (unpaired) electrons. The number of ketones is 1. The molecule has 4 aliphatic heterocycles. The van der Waals surface area contributed by atoms with E-state index in [0.29, 0.717) is 78.7 Å². The second kappa shape index (κ2) is 42.4. The molecule has 30 heteroatoms. The summed E-state index contributed by atoms with van der Waals surface area (Å²) >= 11 is 4.16. The fraction of sp³-hybridized carbons (Fsp3) is 0.344. The van der Waals surface area contributed by atoms with Gasteiger partial charge in [-0.25, -0.2) is 43.9 Å². The molecule has 0 saturated heterocycles. The minimum atomic E-state index is -3.46. The van der Waals surface area contributed by atoms with Crippen LogP contribution in [0.3, 0.4) is 0 Å². The quantitative estimate of drug-likeness (QED) is 0.0448. The topological polar surface area (TPSA) is 268 Å². The number of hydrogen-bond donors (Lipinski definition) is 1. The van der Waals surface area contributed by atoms with E-state index in [1.54, 1.807) is 55.9 Å². The Morgan fingerprint density at radius 3 is 1.04 bits per heavy atom. The molecule has 17 nitrogen and oxygen atoms in total. The predicted molar refractivity (Wildman–Crippen MR) is 444 cm³/mol. The monoisotopic (exact) mass is 1880 g/mol. The van der Waals surface area contributed by atoms with Crippen LogP contribution in [0.25, 0.3) is 0 Å². The molecule has 0 saturated carbocycles. The summed E-state index contributed by atoms with van der Waals surface area (Å²) in [7, 11) is 4.45. The van der Waals surface area contributed by atoms with Crippen molar-refractivity contribution in [3.05, 3.63) is 241 Å². The maximum Gasteiger partial charge on any atom is 0.273 e. The van der Waals surface area contributed by atoms with E-state index in [0.717, 1.165) is 36.4 Å². The standard InChI is InChI=1S/C20H15F4N3O.C20H15F2N3O2.C18H12BrF2N3O.C17H10BrF2N3O.3C4H9.C3H5.Sn/c1-20(23,24)15-3-4-16(14(10-26)18(15)22)27-6-5-17(28-2)13-8-12(21)7-11(9-25)19(13)27;1-11(26)14-3-4-17(16(10-24)19(14)22)25-6-5-18(27-2)15-8-13(21)7-12(9-23)20(15)25;1-25-16-4-5-24(15-3-2-14(19)17(21)13(15)9-23)18-10(8-22)6-11(20)7-12(16)18;18-13-1-2-14(12(8-22)16(13)20)23-4-3-15(24)11-6-10(19)5-9(7-21)17(11)23;3*1-3-4-2;1-3-2;/h3-4,7-8,17H,5-6H2,1-2H3;3-4,7-8,18H,5-6H2,1-2H3;2-3,6-7,16H,4-5H2,1H3;1-2,5-6,15,24H,3-4H2;3*1,3-4H2,2H3;1H2,2H3;. The molecule has 4 atom stereocenters. The number of Topliss-reactive ketones (excluding diaryl/α,β-unsaturated/α-hetero) is 1. The number of halogens is 12. The molecule has 4 heterocycles. The Hall–Kier alpha value is -10.8. The Morgan fingerprint density at radius 1 is 0.458 bits per heavy atom. The molecule has 12 rings (SSSR count). The average molecular weight is 1880 g/mol. The number of nitriles is 8.